The number of nitrogens with one attached hydrogen (secondary N) is 1. The van der Waals surface area contributed by atoms with Gasteiger partial charge in [-0.2, -0.15) is 0 Å². The lowest BCUT2D eigenvalue weighted by molar-refractivity contribution is -0.148. The summed E-state index contributed by atoms with van der Waals surface area (Å²) < 4.78 is 15.8. The molecule has 0 radical (unpaired) electrons. The van der Waals surface area contributed by atoms with Crippen LogP contribution >= 0.6 is 0 Å². The average Bonchev–Trinajstić information content (AvgIpc) is 2.85. The fourth-order valence-corrected chi connectivity index (χ4v) is 7.28. The SMILES string of the molecule is CCC1(CNCc2cc(O)c3c(c2F)C[C@H]2C[C@H]4[C@H](N(C)C)C(O)=C(C(N)=O)C(=O)[C@@]4(O)C(O)=C2C3=O)CCC1. The van der Waals surface area contributed by atoms with Gasteiger partial charge in [-0.1, -0.05) is 13.3 Å². The number of aliphatic hydroxyl groups is 3. The Kier molecular flexibility index (Phi) is 6.83. The van der Waals surface area contributed by atoms with Gasteiger partial charge >= 0.3 is 0 Å². The zero-order valence-electron chi connectivity index (χ0n) is 22.9. The Balaban J connectivity index is 1.55. The molecule has 0 unspecified atom stereocenters. The van der Waals surface area contributed by atoms with E-state index in [-0.39, 0.29) is 47.1 Å². The number of allylic oxidation sites excluding steroid dienone is 1. The third-order valence-electron chi connectivity index (χ3n) is 9.71. The Morgan fingerprint density at radius 3 is 2.45 bits per heavy atom. The number of carbonyl (C=O) groups is 3. The molecule has 1 amide bonds. The van der Waals surface area contributed by atoms with Gasteiger partial charge in [0.25, 0.3) is 5.91 Å². The number of likely N-dealkylation sites (N-methyl/N-ethyl adjacent to an activating group) is 1. The second-order valence-corrected chi connectivity index (χ2v) is 12.0. The van der Waals surface area contributed by atoms with Crippen molar-refractivity contribution >= 4 is 17.5 Å². The smallest absolute Gasteiger partial charge is 0.255 e. The summed E-state index contributed by atoms with van der Waals surface area (Å²) in [5, 5.41) is 47.9. The predicted octanol–water partition coefficient (Wildman–Crippen LogP) is 1.93. The first kappa shape index (κ1) is 28.3. The van der Waals surface area contributed by atoms with E-state index < -0.39 is 69.6 Å². The minimum atomic E-state index is -2.72. The summed E-state index contributed by atoms with van der Waals surface area (Å²) >= 11 is 0. The molecular weight excluding hydrogens is 521 g/mol. The van der Waals surface area contributed by atoms with Crippen LogP contribution in [-0.2, 0) is 22.6 Å². The highest BCUT2D eigenvalue weighted by Gasteiger charge is 2.63. The van der Waals surface area contributed by atoms with Crippen molar-refractivity contribution in [1.82, 2.24) is 10.2 Å². The number of amides is 1. The highest BCUT2D eigenvalue weighted by atomic mass is 19.1. The number of fused-ring (bicyclic) bond motifs is 3. The van der Waals surface area contributed by atoms with Crippen molar-refractivity contribution in [2.45, 2.75) is 63.6 Å². The van der Waals surface area contributed by atoms with E-state index in [2.05, 4.69) is 12.2 Å². The maximum Gasteiger partial charge on any atom is 0.255 e. The monoisotopic (exact) mass is 557 g/mol. The molecule has 1 aromatic carbocycles. The molecule has 5 rings (SSSR count). The second-order valence-electron chi connectivity index (χ2n) is 12.0. The highest BCUT2D eigenvalue weighted by Crippen LogP contribution is 2.52. The quantitative estimate of drug-likeness (QED) is 0.274. The summed E-state index contributed by atoms with van der Waals surface area (Å²) in [6.07, 6.45) is 4.23. The van der Waals surface area contributed by atoms with E-state index in [1.165, 1.54) is 17.4 Å². The molecule has 10 nitrogen and oxygen atoms in total. The minimum absolute atomic E-state index is 0.00349. The largest absolute Gasteiger partial charge is 0.510 e. The first-order valence-corrected chi connectivity index (χ1v) is 13.7. The summed E-state index contributed by atoms with van der Waals surface area (Å²) in [7, 11) is 3.10. The lowest BCUT2D eigenvalue weighted by atomic mass is 9.58. The average molecular weight is 558 g/mol. The van der Waals surface area contributed by atoms with Crippen LogP contribution < -0.4 is 11.1 Å². The Morgan fingerprint density at radius 1 is 1.23 bits per heavy atom. The Hall–Kier alpha value is -3.28. The van der Waals surface area contributed by atoms with Gasteiger partial charge in [-0.3, -0.25) is 19.3 Å². The van der Waals surface area contributed by atoms with E-state index in [1.54, 1.807) is 14.1 Å². The fourth-order valence-electron chi connectivity index (χ4n) is 7.28. The molecule has 0 bridgehead atoms. The van der Waals surface area contributed by atoms with E-state index in [0.717, 1.165) is 19.3 Å². The third kappa shape index (κ3) is 3.89. The fraction of sp³-hybridized carbons (Fsp3) is 0.552. The molecule has 0 aromatic heterocycles. The molecule has 0 heterocycles. The number of halogens is 1. The van der Waals surface area contributed by atoms with Crippen LogP contribution in [0.2, 0.25) is 0 Å². The molecule has 0 spiro atoms. The van der Waals surface area contributed by atoms with E-state index in [0.29, 0.717) is 6.54 Å². The van der Waals surface area contributed by atoms with E-state index in [4.69, 9.17) is 5.73 Å². The van der Waals surface area contributed by atoms with Gasteiger partial charge in [-0.15, -0.1) is 0 Å². The zero-order chi connectivity index (χ0) is 29.3. The molecule has 4 aliphatic rings. The number of benzene rings is 1. The van der Waals surface area contributed by atoms with E-state index >= 15 is 4.39 Å². The van der Waals surface area contributed by atoms with Gasteiger partial charge in [0, 0.05) is 35.7 Å². The van der Waals surface area contributed by atoms with E-state index in [9.17, 15) is 34.8 Å². The number of nitrogens with zero attached hydrogens (tertiary/aromatic N) is 1. The van der Waals surface area contributed by atoms with Crippen molar-refractivity contribution in [3.8, 4) is 5.75 Å². The normalized spacial score (nSPS) is 29.2. The maximum atomic E-state index is 15.8. The van der Waals surface area contributed by atoms with Gasteiger partial charge in [-0.25, -0.2) is 4.39 Å². The molecule has 216 valence electrons. The van der Waals surface area contributed by atoms with Gasteiger partial charge in [-0.05, 0) is 63.6 Å². The molecule has 0 saturated heterocycles. The van der Waals surface area contributed by atoms with Gasteiger partial charge in [0.1, 0.15) is 28.7 Å². The van der Waals surface area contributed by atoms with Crippen molar-refractivity contribution in [3.63, 3.8) is 0 Å². The minimum Gasteiger partial charge on any atom is -0.510 e. The Bertz CT molecular complexity index is 1370. The molecule has 1 aromatic rings. The number of rotatable bonds is 7. The van der Waals surface area contributed by atoms with Crippen LogP contribution in [0, 0.1) is 23.1 Å². The molecule has 1 saturated carbocycles. The number of phenolic OH excluding ortho intramolecular Hbond substituents is 1. The molecule has 4 atom stereocenters. The van der Waals surface area contributed by atoms with Gasteiger partial charge in [0.2, 0.25) is 5.78 Å². The lowest BCUT2D eigenvalue weighted by Gasteiger charge is -2.50. The van der Waals surface area contributed by atoms with Crippen LogP contribution in [0.5, 0.6) is 5.75 Å². The summed E-state index contributed by atoms with van der Waals surface area (Å²) in [5.41, 5.74) is 1.52. The second kappa shape index (κ2) is 9.67. The number of Topliss-reactive ketones (excluding diaryl/α,β-unsaturated/α-hetero) is 2. The first-order chi connectivity index (χ1) is 18.8. The number of aromatic hydroxyl groups is 1. The summed E-state index contributed by atoms with van der Waals surface area (Å²) in [5.74, 6) is -8.19. The molecule has 4 aliphatic carbocycles. The van der Waals surface area contributed by atoms with E-state index in [1.807, 2.05) is 0 Å². The number of phenols is 1. The molecule has 1 fully saturated rings. The molecule has 0 aliphatic heterocycles. The maximum absolute atomic E-state index is 15.8. The molecule has 7 N–H and O–H groups in total. The molecule has 11 heteroatoms. The standard InChI is InChI=1S/C29H36FN3O7/c1-4-28(6-5-7-28)12-32-11-14-10-17(34)19-15(21(14)30)8-13-9-16-22(33(2)3)24(36)20(27(31)39)26(38)29(16,40)25(37)18(13)23(19)35/h10,13,16,22,32,34,36-37,40H,4-9,11-12H2,1-3H3,(H2,31,39)/t13-,16-,22-,29-/m0/s1. The number of hydrogen-bond acceptors (Lipinski definition) is 9. The third-order valence-corrected chi connectivity index (χ3v) is 9.71. The summed E-state index contributed by atoms with van der Waals surface area (Å²) in [4.78, 5) is 40.5. The van der Waals surface area contributed by atoms with Crippen molar-refractivity contribution < 1.29 is 39.2 Å². The van der Waals surface area contributed by atoms with Gasteiger partial charge in [0.05, 0.1) is 11.6 Å². The van der Waals surface area contributed by atoms with Crippen molar-refractivity contribution in [2.75, 3.05) is 20.6 Å². The van der Waals surface area contributed by atoms with Crippen LogP contribution in [-0.4, -0.2) is 75.1 Å². The van der Waals surface area contributed by atoms with Crippen LogP contribution in [0.1, 0.15) is 60.5 Å². The van der Waals surface area contributed by atoms with Crippen molar-refractivity contribution in [1.29, 1.82) is 0 Å². The van der Waals surface area contributed by atoms with Crippen LogP contribution in [0.25, 0.3) is 0 Å². The molecule has 40 heavy (non-hydrogen) atoms. The zero-order valence-corrected chi connectivity index (χ0v) is 22.9. The van der Waals surface area contributed by atoms with Crippen molar-refractivity contribution in [2.24, 2.45) is 23.0 Å². The first-order valence-electron chi connectivity index (χ1n) is 13.7. The van der Waals surface area contributed by atoms with Crippen LogP contribution in [0.15, 0.2) is 28.7 Å². The van der Waals surface area contributed by atoms with Gasteiger partial charge < -0.3 is 31.5 Å². The lowest BCUT2D eigenvalue weighted by Crippen LogP contribution is -2.63. The van der Waals surface area contributed by atoms with Gasteiger partial charge in [0.15, 0.2) is 11.4 Å². The van der Waals surface area contributed by atoms with Crippen LogP contribution in [0.3, 0.4) is 0 Å². The van der Waals surface area contributed by atoms with Crippen LogP contribution in [0.4, 0.5) is 4.39 Å². The summed E-state index contributed by atoms with van der Waals surface area (Å²) in [6, 6.07) is 0.0906. The number of carbonyl (C=O) groups excluding carboxylic acids is 3. The Labute approximate surface area is 231 Å². The summed E-state index contributed by atoms with van der Waals surface area (Å²) in [6.45, 7) is 3.01. The van der Waals surface area contributed by atoms with Crippen molar-refractivity contribution in [3.05, 3.63) is 51.2 Å². The number of hydrogen-bond donors (Lipinski definition) is 6. The number of ketones is 2. The predicted molar refractivity (Wildman–Crippen MR) is 142 cm³/mol. The Morgan fingerprint density at radius 2 is 1.90 bits per heavy atom. The highest BCUT2D eigenvalue weighted by molar-refractivity contribution is 6.24. The number of nitrogens with two attached hydrogens (primary N) is 1. The molecular formula is C29H36FN3O7. The number of primary amides is 1. The topological polar surface area (TPSA) is 173 Å². The number of aliphatic hydroxyl groups excluding tert-OH is 2.